The van der Waals surface area contributed by atoms with Crippen molar-refractivity contribution in [2.75, 3.05) is 39.8 Å². The molecule has 2 rings (SSSR count). The van der Waals surface area contributed by atoms with Gasteiger partial charge in [-0.3, -0.25) is 9.98 Å². The third-order valence-corrected chi connectivity index (χ3v) is 4.58. The number of pyridine rings is 1. The number of ether oxygens (including phenoxy) is 1. The molecule has 6 nitrogen and oxygen atoms in total. The summed E-state index contributed by atoms with van der Waals surface area (Å²) in [6.07, 6.45) is 2.68. The minimum Gasteiger partial charge on any atom is -0.492 e. The van der Waals surface area contributed by atoms with Crippen molar-refractivity contribution in [2.24, 2.45) is 4.99 Å². The van der Waals surface area contributed by atoms with Gasteiger partial charge < -0.3 is 20.3 Å². The van der Waals surface area contributed by atoms with E-state index < -0.39 is 0 Å². The molecule has 0 aliphatic rings. The first kappa shape index (κ1) is 21.7. The minimum atomic E-state index is 0.711. The van der Waals surface area contributed by atoms with Crippen molar-refractivity contribution in [2.45, 2.75) is 26.8 Å². The Balaban J connectivity index is 1.69. The summed E-state index contributed by atoms with van der Waals surface area (Å²) in [4.78, 5) is 11.0. The van der Waals surface area contributed by atoms with Crippen LogP contribution in [-0.2, 0) is 13.0 Å². The van der Waals surface area contributed by atoms with Crippen LogP contribution >= 0.6 is 0 Å². The second-order valence-corrected chi connectivity index (χ2v) is 6.44. The molecule has 6 heteroatoms. The predicted molar refractivity (Wildman–Crippen MR) is 116 cm³/mol. The van der Waals surface area contributed by atoms with Crippen molar-refractivity contribution in [3.05, 3.63) is 59.9 Å². The largest absolute Gasteiger partial charge is 0.492 e. The number of likely N-dealkylation sites (N-methyl/N-ethyl adjacent to an activating group) is 1. The average molecular weight is 384 g/mol. The van der Waals surface area contributed by atoms with Gasteiger partial charge in [0.15, 0.2) is 5.96 Å². The van der Waals surface area contributed by atoms with E-state index in [9.17, 15) is 0 Å². The van der Waals surface area contributed by atoms with Crippen LogP contribution in [0.25, 0.3) is 0 Å². The summed E-state index contributed by atoms with van der Waals surface area (Å²) in [5, 5.41) is 6.65. The molecule has 0 radical (unpaired) electrons. The molecule has 2 N–H and O–H groups in total. The molecule has 0 aliphatic carbocycles. The number of nitrogens with one attached hydrogen (secondary N) is 2. The van der Waals surface area contributed by atoms with Gasteiger partial charge in [0.2, 0.25) is 0 Å². The van der Waals surface area contributed by atoms with Crippen molar-refractivity contribution in [3.8, 4) is 5.75 Å². The van der Waals surface area contributed by atoms with Gasteiger partial charge in [0, 0.05) is 45.0 Å². The monoisotopic (exact) mass is 383 g/mol. The minimum absolute atomic E-state index is 0.711. The number of aliphatic imine (C=N–C) groups is 1. The smallest absolute Gasteiger partial charge is 0.191 e. The van der Waals surface area contributed by atoms with E-state index in [-0.39, 0.29) is 0 Å². The molecule has 0 spiro atoms. The zero-order valence-electron chi connectivity index (χ0n) is 17.3. The molecule has 2 aromatic rings. The van der Waals surface area contributed by atoms with Gasteiger partial charge in [-0.2, -0.15) is 0 Å². The van der Waals surface area contributed by atoms with Crippen LogP contribution in [0.1, 0.15) is 25.1 Å². The predicted octanol–water partition coefficient (Wildman–Crippen LogP) is 2.71. The molecule has 152 valence electrons. The van der Waals surface area contributed by atoms with Crippen LogP contribution in [0.2, 0.25) is 0 Å². The standard InChI is InChI=1S/C22H33N5O/c1-4-27(5-2)16-17-28-21-11-9-19(10-12-21)18-26-22(23-3)25-15-13-20-8-6-7-14-24-20/h6-12,14H,4-5,13,15-18H2,1-3H3,(H2,23,25,26). The topological polar surface area (TPSA) is 61.8 Å². The molecule has 1 aromatic heterocycles. The van der Waals surface area contributed by atoms with E-state index in [1.807, 2.05) is 36.5 Å². The van der Waals surface area contributed by atoms with Crippen molar-refractivity contribution < 1.29 is 4.74 Å². The van der Waals surface area contributed by atoms with Crippen molar-refractivity contribution in [1.29, 1.82) is 0 Å². The molecular weight excluding hydrogens is 350 g/mol. The molecule has 0 saturated carbocycles. The highest BCUT2D eigenvalue weighted by molar-refractivity contribution is 5.79. The molecule has 0 atom stereocenters. The van der Waals surface area contributed by atoms with Crippen LogP contribution in [0.15, 0.2) is 53.7 Å². The van der Waals surface area contributed by atoms with E-state index in [0.29, 0.717) is 13.2 Å². The number of nitrogens with zero attached hydrogens (tertiary/aromatic N) is 3. The number of rotatable bonds is 11. The first-order valence-corrected chi connectivity index (χ1v) is 10.0. The van der Waals surface area contributed by atoms with Gasteiger partial charge in [-0.05, 0) is 42.9 Å². The highest BCUT2D eigenvalue weighted by Crippen LogP contribution is 2.12. The molecule has 0 bridgehead atoms. The van der Waals surface area contributed by atoms with Crippen LogP contribution in [0.4, 0.5) is 0 Å². The third-order valence-electron chi connectivity index (χ3n) is 4.58. The Labute approximate surface area is 169 Å². The molecule has 0 amide bonds. The van der Waals surface area contributed by atoms with E-state index in [1.165, 1.54) is 5.56 Å². The maximum absolute atomic E-state index is 5.83. The highest BCUT2D eigenvalue weighted by Gasteiger charge is 2.02. The summed E-state index contributed by atoms with van der Waals surface area (Å²) in [6, 6.07) is 14.2. The summed E-state index contributed by atoms with van der Waals surface area (Å²) in [6.45, 7) is 9.63. The Morgan fingerprint density at radius 2 is 1.86 bits per heavy atom. The first-order valence-electron chi connectivity index (χ1n) is 10.0. The fourth-order valence-corrected chi connectivity index (χ4v) is 2.80. The van der Waals surface area contributed by atoms with E-state index in [0.717, 1.165) is 50.0 Å². The lowest BCUT2D eigenvalue weighted by Crippen LogP contribution is -2.37. The molecule has 0 unspecified atom stereocenters. The SMILES string of the molecule is CCN(CC)CCOc1ccc(CNC(=NC)NCCc2ccccn2)cc1. The Morgan fingerprint density at radius 1 is 1.07 bits per heavy atom. The third kappa shape index (κ3) is 7.96. The summed E-state index contributed by atoms with van der Waals surface area (Å²) in [7, 11) is 1.78. The second kappa shape index (κ2) is 12.7. The Bertz CT molecular complexity index is 684. The number of benzene rings is 1. The second-order valence-electron chi connectivity index (χ2n) is 6.44. The van der Waals surface area contributed by atoms with Crippen molar-refractivity contribution in [3.63, 3.8) is 0 Å². The van der Waals surface area contributed by atoms with E-state index in [4.69, 9.17) is 4.74 Å². The zero-order chi connectivity index (χ0) is 20.0. The fraction of sp³-hybridized carbons (Fsp3) is 0.455. The van der Waals surface area contributed by atoms with Crippen molar-refractivity contribution in [1.82, 2.24) is 20.5 Å². The Morgan fingerprint density at radius 3 is 2.50 bits per heavy atom. The zero-order valence-corrected chi connectivity index (χ0v) is 17.3. The number of hydrogen-bond donors (Lipinski definition) is 2. The van der Waals surface area contributed by atoms with Gasteiger partial charge in [-0.25, -0.2) is 0 Å². The summed E-state index contributed by atoms with van der Waals surface area (Å²) < 4.78 is 5.83. The first-order chi connectivity index (χ1) is 13.7. The maximum atomic E-state index is 5.83. The van der Waals surface area contributed by atoms with Gasteiger partial charge in [0.05, 0.1) is 0 Å². The van der Waals surface area contributed by atoms with E-state index >= 15 is 0 Å². The average Bonchev–Trinajstić information content (AvgIpc) is 2.75. The molecular formula is C22H33N5O. The van der Waals surface area contributed by atoms with Gasteiger partial charge >= 0.3 is 0 Å². The van der Waals surface area contributed by atoms with Crippen molar-refractivity contribution >= 4 is 5.96 Å². The van der Waals surface area contributed by atoms with Gasteiger partial charge in [-0.1, -0.05) is 32.0 Å². The highest BCUT2D eigenvalue weighted by atomic mass is 16.5. The summed E-state index contributed by atoms with van der Waals surface area (Å²) in [5.74, 6) is 1.70. The molecule has 0 fully saturated rings. The lowest BCUT2D eigenvalue weighted by molar-refractivity contribution is 0.223. The summed E-state index contributed by atoms with van der Waals surface area (Å²) >= 11 is 0. The molecule has 0 aliphatic heterocycles. The molecule has 28 heavy (non-hydrogen) atoms. The normalized spacial score (nSPS) is 11.5. The van der Waals surface area contributed by atoms with Gasteiger partial charge in [0.25, 0.3) is 0 Å². The Hall–Kier alpha value is -2.60. The number of hydrogen-bond acceptors (Lipinski definition) is 4. The lowest BCUT2D eigenvalue weighted by atomic mass is 10.2. The number of aromatic nitrogens is 1. The maximum Gasteiger partial charge on any atom is 0.191 e. The van der Waals surface area contributed by atoms with Crippen LogP contribution < -0.4 is 15.4 Å². The summed E-state index contributed by atoms with van der Waals surface area (Å²) in [5.41, 5.74) is 2.26. The molecule has 1 heterocycles. The van der Waals surface area contributed by atoms with Gasteiger partial charge in [-0.15, -0.1) is 0 Å². The van der Waals surface area contributed by atoms with E-state index in [1.54, 1.807) is 7.05 Å². The van der Waals surface area contributed by atoms with Crippen LogP contribution in [0.3, 0.4) is 0 Å². The lowest BCUT2D eigenvalue weighted by Gasteiger charge is -2.18. The van der Waals surface area contributed by atoms with Crippen LogP contribution in [0.5, 0.6) is 5.75 Å². The fourth-order valence-electron chi connectivity index (χ4n) is 2.80. The molecule has 0 saturated heterocycles. The molecule has 1 aromatic carbocycles. The van der Waals surface area contributed by atoms with E-state index in [2.05, 4.69) is 51.5 Å². The van der Waals surface area contributed by atoms with Gasteiger partial charge in [0.1, 0.15) is 12.4 Å². The number of guanidine groups is 1. The Kier molecular flexibility index (Phi) is 9.86. The van der Waals surface area contributed by atoms with Crippen LogP contribution in [0, 0.1) is 0 Å². The van der Waals surface area contributed by atoms with Crippen LogP contribution in [-0.4, -0.2) is 55.7 Å². The quantitative estimate of drug-likeness (QED) is 0.461.